The average molecular weight is 225 g/mol. The first-order valence-corrected chi connectivity index (χ1v) is 2.63. The predicted octanol–water partition coefficient (Wildman–Crippen LogP) is 1.11. The first-order chi connectivity index (χ1) is 3.27. The van der Waals surface area contributed by atoms with E-state index in [1.54, 1.807) is 0 Å². The summed E-state index contributed by atoms with van der Waals surface area (Å²) in [5.74, 6) is 0. The Bertz CT molecular complexity index is 50.2. The van der Waals surface area contributed by atoms with E-state index in [2.05, 4.69) is 6.26 Å². The number of aliphatic hydroxyl groups excluding tert-OH is 1. The topological polar surface area (TPSA) is 37.3 Å². The molecule has 9 heavy (non-hydrogen) atoms. The summed E-state index contributed by atoms with van der Waals surface area (Å²) in [6.07, 6.45) is 3.25. The Hall–Kier alpha value is 1.08. The van der Waals surface area contributed by atoms with Crippen molar-refractivity contribution in [2.45, 2.75) is 6.92 Å². The zero-order valence-corrected chi connectivity index (χ0v) is 9.70. The van der Waals surface area contributed by atoms with E-state index in [0.29, 0.717) is 0 Å². The number of hydrogen-bond donors (Lipinski definition) is 1. The van der Waals surface area contributed by atoms with Gasteiger partial charge in [0, 0.05) is 46.7 Å². The molecule has 0 amide bonds. The third kappa shape index (κ3) is 47.9. The first kappa shape index (κ1) is 22.5. The molecule has 0 spiro atoms. The molecule has 4 heteroatoms. The van der Waals surface area contributed by atoms with Gasteiger partial charge in [0.25, 0.3) is 0 Å². The van der Waals surface area contributed by atoms with Gasteiger partial charge in [-0.05, 0) is 0 Å². The van der Waals surface area contributed by atoms with E-state index in [9.17, 15) is 4.79 Å². The summed E-state index contributed by atoms with van der Waals surface area (Å²) in [7, 11) is 1.00. The van der Waals surface area contributed by atoms with Gasteiger partial charge in [-0.15, -0.1) is 0 Å². The molecule has 55 valence electrons. The summed E-state index contributed by atoms with van der Waals surface area (Å²) in [4.78, 5) is 9.71. The summed E-state index contributed by atoms with van der Waals surface area (Å²) in [5.41, 5.74) is 0. The standard InChI is InChI=1S/C3H5OS.CH4O.CH3.Y/c1-3(4)5-2;1-2;;/h2H2,1H3;2H,1H3;1H3;/q-1;;-1;. The third-order valence-electron chi connectivity index (χ3n) is 0.203. The zero-order valence-electron chi connectivity index (χ0n) is 6.05. The van der Waals surface area contributed by atoms with E-state index >= 15 is 0 Å². The van der Waals surface area contributed by atoms with Crippen LogP contribution in [0.1, 0.15) is 6.92 Å². The molecule has 0 unspecified atom stereocenters. The minimum absolute atomic E-state index is 0. The molecule has 0 rings (SSSR count). The Balaban J connectivity index is -0.0000000286. The van der Waals surface area contributed by atoms with Gasteiger partial charge < -0.3 is 12.5 Å². The van der Waals surface area contributed by atoms with Crippen LogP contribution < -0.4 is 0 Å². The van der Waals surface area contributed by atoms with Crippen molar-refractivity contribution >= 4 is 16.9 Å². The molecule has 1 radical (unpaired) electrons. The molecule has 0 saturated carbocycles. The Morgan fingerprint density at radius 2 is 1.67 bits per heavy atom. The van der Waals surface area contributed by atoms with Gasteiger partial charge in [0.2, 0.25) is 0 Å². The van der Waals surface area contributed by atoms with Crippen LogP contribution in [0.3, 0.4) is 0 Å². The van der Waals surface area contributed by atoms with Crippen LogP contribution in [0, 0.1) is 13.7 Å². The maximum atomic E-state index is 9.71. The number of hydrogen-bond acceptors (Lipinski definition) is 3. The van der Waals surface area contributed by atoms with Crippen molar-refractivity contribution < 1.29 is 42.6 Å². The minimum Gasteiger partial charge on any atom is -0.400 e. The fourth-order valence-corrected chi connectivity index (χ4v) is 0. The molecule has 0 saturated heterocycles. The second kappa shape index (κ2) is 23.0. The number of carbonyl (C=O) groups is 1. The molecule has 0 bridgehead atoms. The molecule has 0 atom stereocenters. The van der Waals surface area contributed by atoms with Crippen molar-refractivity contribution in [1.29, 1.82) is 0 Å². The average Bonchev–Trinajstić information content (AvgIpc) is 1.73. The molecule has 0 aromatic heterocycles. The quantitative estimate of drug-likeness (QED) is 0.627. The molecule has 0 aliphatic carbocycles. The van der Waals surface area contributed by atoms with Crippen LogP contribution in [0.5, 0.6) is 0 Å². The van der Waals surface area contributed by atoms with Crippen molar-refractivity contribution in [2.24, 2.45) is 0 Å². The minimum atomic E-state index is 0. The van der Waals surface area contributed by atoms with Crippen molar-refractivity contribution in [3.05, 3.63) is 13.7 Å². The number of thioether (sulfide) groups is 1. The smallest absolute Gasteiger partial charge is 0.154 e. The maximum absolute atomic E-state index is 9.71. The van der Waals surface area contributed by atoms with E-state index in [4.69, 9.17) is 5.11 Å². The second-order valence-corrected chi connectivity index (χ2v) is 1.50. The summed E-state index contributed by atoms with van der Waals surface area (Å²) >= 11 is 0.991. The van der Waals surface area contributed by atoms with Crippen molar-refractivity contribution in [1.82, 2.24) is 0 Å². The number of aliphatic hydroxyl groups is 1. The summed E-state index contributed by atoms with van der Waals surface area (Å²) in [6.45, 7) is 1.48. The molecule has 1 N–H and O–H groups in total. The van der Waals surface area contributed by atoms with E-state index < -0.39 is 0 Å². The monoisotopic (exact) mass is 225 g/mol. The molecule has 0 heterocycles. The van der Waals surface area contributed by atoms with Gasteiger partial charge in [0.05, 0.1) is 0 Å². The van der Waals surface area contributed by atoms with Crippen LogP contribution in [-0.2, 0) is 37.5 Å². The summed E-state index contributed by atoms with van der Waals surface area (Å²) < 4.78 is 0. The van der Waals surface area contributed by atoms with E-state index in [0.717, 1.165) is 18.9 Å². The van der Waals surface area contributed by atoms with E-state index in [1.165, 1.54) is 6.92 Å². The SMILES string of the molecule is CO.[CH2-]SC(C)=O.[CH3-].[Y]. The number of rotatable bonds is 0. The van der Waals surface area contributed by atoms with Crippen molar-refractivity contribution in [2.75, 3.05) is 7.11 Å². The fraction of sp³-hybridized carbons (Fsp3) is 0.400. The van der Waals surface area contributed by atoms with Gasteiger partial charge in [-0.25, -0.2) is 0 Å². The molecule has 2 nitrogen and oxygen atoms in total. The Morgan fingerprint density at radius 1 is 1.56 bits per heavy atom. The first-order valence-electron chi connectivity index (χ1n) is 1.64. The van der Waals surface area contributed by atoms with Crippen LogP contribution >= 0.6 is 11.8 Å². The zero-order chi connectivity index (χ0) is 6.28. The molecule has 0 fully saturated rings. The Labute approximate surface area is 86.7 Å². The molecule has 0 aliphatic heterocycles. The van der Waals surface area contributed by atoms with Gasteiger partial charge in [0.1, 0.15) is 0 Å². The van der Waals surface area contributed by atoms with Crippen LogP contribution in [0.4, 0.5) is 0 Å². The van der Waals surface area contributed by atoms with E-state index in [-0.39, 0.29) is 45.3 Å². The normalized spacial score (nSPS) is 4.89. The van der Waals surface area contributed by atoms with Crippen LogP contribution in [0.25, 0.3) is 0 Å². The molecule has 0 aromatic carbocycles. The molecule has 0 aliphatic rings. The second-order valence-electron chi connectivity index (χ2n) is 0.636. The van der Waals surface area contributed by atoms with Gasteiger partial charge in [0.15, 0.2) is 5.12 Å². The van der Waals surface area contributed by atoms with Gasteiger partial charge in [-0.1, -0.05) is 0 Å². The molecular formula is C5H12O2SY-2. The van der Waals surface area contributed by atoms with Crippen LogP contribution in [-0.4, -0.2) is 17.3 Å². The van der Waals surface area contributed by atoms with Crippen molar-refractivity contribution in [3.8, 4) is 0 Å². The predicted molar refractivity (Wildman–Crippen MR) is 38.2 cm³/mol. The largest absolute Gasteiger partial charge is 0.400 e. The van der Waals surface area contributed by atoms with Gasteiger partial charge >= 0.3 is 0 Å². The maximum Gasteiger partial charge on any atom is 0.154 e. The molecular weight excluding hydrogens is 213 g/mol. The Kier molecular flexibility index (Phi) is 57.4. The van der Waals surface area contributed by atoms with Gasteiger partial charge in [-0.2, -0.15) is 0 Å². The summed E-state index contributed by atoms with van der Waals surface area (Å²) in [5, 5.41) is 7.06. The molecule has 0 aromatic rings. The van der Waals surface area contributed by atoms with Gasteiger partial charge in [-0.3, -0.25) is 22.8 Å². The third-order valence-corrected chi connectivity index (χ3v) is 0.610. The van der Waals surface area contributed by atoms with Crippen LogP contribution in [0.15, 0.2) is 0 Å². The van der Waals surface area contributed by atoms with Crippen LogP contribution in [0.2, 0.25) is 0 Å². The summed E-state index contributed by atoms with van der Waals surface area (Å²) in [6, 6.07) is 0. The van der Waals surface area contributed by atoms with E-state index in [1.807, 2.05) is 0 Å². The fourth-order valence-electron chi connectivity index (χ4n) is 0. The van der Waals surface area contributed by atoms with Crippen molar-refractivity contribution in [3.63, 3.8) is 0 Å². The Morgan fingerprint density at radius 3 is 1.67 bits per heavy atom. The number of carbonyl (C=O) groups excluding carboxylic acids is 1.